The van der Waals surface area contributed by atoms with Crippen molar-refractivity contribution in [2.45, 2.75) is 59.2 Å². The van der Waals surface area contributed by atoms with Gasteiger partial charge in [0, 0.05) is 18.5 Å². The molecule has 10 nitrogen and oxygen atoms in total. The van der Waals surface area contributed by atoms with Crippen LogP contribution < -0.4 is 21.6 Å². The second-order valence-corrected chi connectivity index (χ2v) is 14.1. The van der Waals surface area contributed by atoms with Gasteiger partial charge < -0.3 is 20.8 Å². The van der Waals surface area contributed by atoms with Crippen LogP contribution in [0.25, 0.3) is 0 Å². The van der Waals surface area contributed by atoms with Crippen LogP contribution in [0.4, 0.5) is 31.5 Å². The molecular formula is C37H42F2I2N4O6. The molecule has 0 aliphatic rings. The minimum Gasteiger partial charge on any atom is -0.393 e. The maximum atomic E-state index is 13.7. The minimum atomic E-state index is -0.510. The quantitative estimate of drug-likeness (QED) is 0.0399. The molecule has 2 atom stereocenters. The summed E-state index contributed by atoms with van der Waals surface area (Å²) in [5.74, 6) is -1.87. The molecule has 0 aliphatic heterocycles. The minimum absolute atomic E-state index is 0.184. The first-order chi connectivity index (χ1) is 24.3. The third-order valence-electron chi connectivity index (χ3n) is 7.36. The normalized spacial score (nSPS) is 11.9. The number of hydroxylamine groups is 2. The second-order valence-electron chi connectivity index (χ2n) is 11.6. The number of benzene rings is 4. The zero-order valence-corrected chi connectivity index (χ0v) is 33.0. The van der Waals surface area contributed by atoms with Crippen molar-refractivity contribution < 1.29 is 38.3 Å². The summed E-state index contributed by atoms with van der Waals surface area (Å²) in [6.45, 7) is 7.75. The second kappa shape index (κ2) is 21.2. The van der Waals surface area contributed by atoms with Crippen LogP contribution in [0.2, 0.25) is 0 Å². The number of nitrogens with one attached hydrogen (secondary N) is 4. The van der Waals surface area contributed by atoms with E-state index in [0.29, 0.717) is 30.6 Å². The number of aliphatic hydroxyl groups is 2. The van der Waals surface area contributed by atoms with Gasteiger partial charge in [0.05, 0.1) is 47.9 Å². The molecule has 0 heterocycles. The highest BCUT2D eigenvalue weighted by Gasteiger charge is 2.16. The molecular weight excluding hydrogens is 888 g/mol. The highest BCUT2D eigenvalue weighted by Crippen LogP contribution is 2.27. The van der Waals surface area contributed by atoms with Crippen molar-refractivity contribution >= 4 is 79.7 Å². The van der Waals surface area contributed by atoms with Crippen molar-refractivity contribution in [2.24, 2.45) is 0 Å². The number of hydrogen-bond donors (Lipinski definition) is 6. The summed E-state index contributed by atoms with van der Waals surface area (Å²) in [6.07, 6.45) is 0.477. The predicted octanol–water partition coefficient (Wildman–Crippen LogP) is 8.22. The molecule has 0 spiro atoms. The van der Waals surface area contributed by atoms with Gasteiger partial charge in [-0.25, -0.2) is 19.7 Å². The molecule has 2 amide bonds. The average molecular weight is 931 g/mol. The number of halogens is 4. The van der Waals surface area contributed by atoms with Gasteiger partial charge in [-0.1, -0.05) is 6.92 Å². The van der Waals surface area contributed by atoms with E-state index in [9.17, 15) is 28.6 Å². The first-order valence-electron chi connectivity index (χ1n) is 16.1. The van der Waals surface area contributed by atoms with Crippen LogP contribution in [0, 0.1) is 32.6 Å². The van der Waals surface area contributed by atoms with E-state index in [1.54, 1.807) is 6.92 Å². The Hall–Kier alpha value is -3.42. The molecule has 0 saturated heterocycles. The summed E-state index contributed by atoms with van der Waals surface area (Å²) >= 11 is 4.43. The van der Waals surface area contributed by atoms with Gasteiger partial charge in [0.15, 0.2) is 0 Å². The van der Waals surface area contributed by atoms with Gasteiger partial charge in [0.1, 0.15) is 11.6 Å². The molecule has 274 valence electrons. The van der Waals surface area contributed by atoms with Crippen molar-refractivity contribution in [3.63, 3.8) is 0 Å². The zero-order valence-electron chi connectivity index (χ0n) is 28.7. The third kappa shape index (κ3) is 14.3. The Labute approximate surface area is 323 Å². The first-order valence-corrected chi connectivity index (χ1v) is 18.3. The largest absolute Gasteiger partial charge is 0.393 e. The Balaban J connectivity index is 0.000000276. The van der Waals surface area contributed by atoms with Crippen LogP contribution in [-0.2, 0) is 9.68 Å². The number of hydrogen-bond acceptors (Lipinski definition) is 8. The number of carbonyl (C=O) groups excluding carboxylic acids is 2. The lowest BCUT2D eigenvalue weighted by atomic mass is 10.1. The van der Waals surface area contributed by atoms with E-state index >= 15 is 0 Å². The molecule has 0 radical (unpaired) electrons. The van der Waals surface area contributed by atoms with E-state index in [2.05, 4.69) is 66.8 Å². The van der Waals surface area contributed by atoms with Crippen molar-refractivity contribution in [1.29, 1.82) is 0 Å². The number of anilines is 4. The summed E-state index contributed by atoms with van der Waals surface area (Å²) in [6, 6.07) is 19.4. The molecule has 0 bridgehead atoms. The van der Waals surface area contributed by atoms with E-state index in [0.717, 1.165) is 29.6 Å². The Morgan fingerprint density at radius 1 is 0.686 bits per heavy atom. The molecule has 0 fully saturated rings. The number of rotatable bonds is 15. The molecule has 14 heteroatoms. The smallest absolute Gasteiger partial charge is 0.276 e. The van der Waals surface area contributed by atoms with Crippen LogP contribution >= 0.6 is 45.2 Å². The predicted molar refractivity (Wildman–Crippen MR) is 211 cm³/mol. The van der Waals surface area contributed by atoms with Crippen LogP contribution in [-0.4, -0.2) is 47.4 Å². The highest BCUT2D eigenvalue weighted by atomic mass is 127. The lowest BCUT2D eigenvalue weighted by Gasteiger charge is -2.15. The third-order valence-corrected chi connectivity index (χ3v) is 8.70. The monoisotopic (exact) mass is 930 g/mol. The molecule has 4 rings (SSSR count). The molecule has 0 aliphatic carbocycles. The van der Waals surface area contributed by atoms with Gasteiger partial charge in [0.2, 0.25) is 0 Å². The summed E-state index contributed by atoms with van der Waals surface area (Å²) in [4.78, 5) is 34.8. The van der Waals surface area contributed by atoms with Crippen molar-refractivity contribution in [2.75, 3.05) is 23.8 Å². The number of carbonyl (C=O) groups is 2. The van der Waals surface area contributed by atoms with Gasteiger partial charge in [-0.15, -0.1) is 0 Å². The molecule has 51 heavy (non-hydrogen) atoms. The molecule has 2 unspecified atom stereocenters. The Morgan fingerprint density at radius 2 is 1.12 bits per heavy atom. The van der Waals surface area contributed by atoms with Crippen molar-refractivity contribution in [1.82, 2.24) is 11.0 Å². The maximum absolute atomic E-state index is 13.7. The molecule has 6 N–H and O–H groups in total. The summed E-state index contributed by atoms with van der Waals surface area (Å²) in [5, 5.41) is 24.9. The fourth-order valence-corrected chi connectivity index (χ4v) is 5.73. The highest BCUT2D eigenvalue weighted by molar-refractivity contribution is 14.1. The fraction of sp³-hybridized carbons (Fsp3) is 0.297. The number of amides is 2. The van der Waals surface area contributed by atoms with Crippen LogP contribution in [0.3, 0.4) is 0 Å². The van der Waals surface area contributed by atoms with E-state index in [1.807, 2.05) is 57.2 Å². The lowest BCUT2D eigenvalue weighted by Crippen LogP contribution is -2.26. The fourth-order valence-electron chi connectivity index (χ4n) is 4.43. The van der Waals surface area contributed by atoms with Crippen LogP contribution in [0.5, 0.6) is 0 Å². The summed E-state index contributed by atoms with van der Waals surface area (Å²) < 4.78 is 29.5. The van der Waals surface area contributed by atoms with Gasteiger partial charge >= 0.3 is 0 Å². The van der Waals surface area contributed by atoms with Crippen molar-refractivity contribution in [3.05, 3.63) is 114 Å². The molecule has 4 aromatic carbocycles. The maximum Gasteiger partial charge on any atom is 0.276 e. The topological polar surface area (TPSA) is 141 Å². The van der Waals surface area contributed by atoms with E-state index < -0.39 is 35.7 Å². The molecule has 0 aromatic heterocycles. The number of aliphatic hydroxyl groups excluding tert-OH is 2. The van der Waals surface area contributed by atoms with Crippen molar-refractivity contribution in [3.8, 4) is 0 Å². The lowest BCUT2D eigenvalue weighted by molar-refractivity contribution is 0.0161. The Morgan fingerprint density at radius 3 is 1.51 bits per heavy atom. The SMILES string of the molecule is CCC(O)CCONC(=O)c1ccc(F)cc1Nc1ccc(I)cc1C.Cc1cc(I)ccc1Nc1cc(F)ccc1C(=O)NOCCC(C)O. The number of aryl methyl sites for hydroxylation is 2. The standard InChI is InChI=1S/C19H22FIN2O3.C18H20FIN2O3/c1-3-15(24)8-9-26-23-19(25)16-6-4-13(20)11-18(16)22-17-7-5-14(21)10-12(17)2;1-11-9-14(20)4-6-16(11)21-17-10-13(19)3-5-15(17)18(24)22-25-8-7-12(2)23/h4-7,10-11,15,22,24H,3,8-9H2,1-2H3,(H,23,25);3-6,9-10,12,21,23H,7-8H2,1-2H3,(H,22,24). The van der Waals surface area contributed by atoms with Gasteiger partial charge in [-0.05, 0) is 169 Å². The average Bonchev–Trinajstić information content (AvgIpc) is 3.07. The van der Waals surface area contributed by atoms with E-state index in [-0.39, 0.29) is 24.3 Å². The first kappa shape index (κ1) is 42.0. The Bertz CT molecular complexity index is 1780. The Kier molecular flexibility index (Phi) is 17.4. The van der Waals surface area contributed by atoms with Gasteiger partial charge in [-0.3, -0.25) is 19.3 Å². The molecule has 4 aromatic rings. The van der Waals surface area contributed by atoms with Gasteiger partial charge in [0.25, 0.3) is 11.8 Å². The van der Waals surface area contributed by atoms with Gasteiger partial charge in [-0.2, -0.15) is 0 Å². The summed E-state index contributed by atoms with van der Waals surface area (Å²) in [5.41, 5.74) is 9.41. The van der Waals surface area contributed by atoms with Crippen LogP contribution in [0.15, 0.2) is 72.8 Å². The van der Waals surface area contributed by atoms with E-state index in [4.69, 9.17) is 9.68 Å². The summed E-state index contributed by atoms with van der Waals surface area (Å²) in [7, 11) is 0. The van der Waals surface area contributed by atoms with Crippen LogP contribution in [0.1, 0.15) is 65.0 Å². The molecule has 0 saturated carbocycles. The zero-order chi connectivity index (χ0) is 37.5. The van der Waals surface area contributed by atoms with E-state index in [1.165, 1.54) is 36.4 Å².